The number of carbonyl (C=O) groups excluding carboxylic acids is 1. The Bertz CT molecular complexity index is 517. The van der Waals surface area contributed by atoms with Crippen LogP contribution in [0.3, 0.4) is 0 Å². The van der Waals surface area contributed by atoms with E-state index >= 15 is 0 Å². The van der Waals surface area contributed by atoms with Crippen molar-refractivity contribution in [1.29, 1.82) is 0 Å². The van der Waals surface area contributed by atoms with Gasteiger partial charge in [0, 0.05) is 19.6 Å². The molecule has 1 aliphatic heterocycles. The minimum absolute atomic E-state index is 0.0878. The highest BCUT2D eigenvalue weighted by Gasteiger charge is 2.21. The number of ether oxygens (including phenoxy) is 2. The van der Waals surface area contributed by atoms with E-state index in [2.05, 4.69) is 0 Å². The summed E-state index contributed by atoms with van der Waals surface area (Å²) in [6.45, 7) is 2.05. The minimum Gasteiger partial charge on any atom is -0.494 e. The fourth-order valence-electron chi connectivity index (χ4n) is 2.68. The van der Waals surface area contributed by atoms with Crippen LogP contribution in [-0.4, -0.2) is 44.9 Å². The van der Waals surface area contributed by atoms with Gasteiger partial charge in [-0.3, -0.25) is 9.63 Å². The first-order valence-electron chi connectivity index (χ1n) is 7.88. The predicted octanol–water partition coefficient (Wildman–Crippen LogP) is 2.58. The van der Waals surface area contributed by atoms with Crippen LogP contribution in [0.4, 0.5) is 4.39 Å². The van der Waals surface area contributed by atoms with Crippen molar-refractivity contribution in [2.75, 3.05) is 34.0 Å². The first-order valence-corrected chi connectivity index (χ1v) is 7.88. The minimum atomic E-state index is -0.414. The van der Waals surface area contributed by atoms with Gasteiger partial charge in [0.15, 0.2) is 11.6 Å². The second-order valence-electron chi connectivity index (χ2n) is 5.66. The zero-order chi connectivity index (χ0) is 16.7. The van der Waals surface area contributed by atoms with E-state index in [0.29, 0.717) is 18.9 Å². The molecule has 0 atom stereocenters. The second-order valence-corrected chi connectivity index (χ2v) is 5.66. The van der Waals surface area contributed by atoms with Crippen LogP contribution in [-0.2, 0) is 20.8 Å². The lowest BCUT2D eigenvalue weighted by atomic mass is 10.00. The van der Waals surface area contributed by atoms with Gasteiger partial charge in [0.05, 0.1) is 20.8 Å². The first-order chi connectivity index (χ1) is 11.1. The summed E-state index contributed by atoms with van der Waals surface area (Å²) in [7, 11) is 2.93. The van der Waals surface area contributed by atoms with Gasteiger partial charge < -0.3 is 9.47 Å². The van der Waals surface area contributed by atoms with E-state index in [4.69, 9.17) is 14.3 Å². The fourth-order valence-corrected chi connectivity index (χ4v) is 2.68. The number of hydrogen-bond donors (Lipinski definition) is 0. The maximum Gasteiger partial charge on any atom is 0.246 e. The quantitative estimate of drug-likeness (QED) is 0.723. The average Bonchev–Trinajstić information content (AvgIpc) is 2.58. The van der Waals surface area contributed by atoms with Crippen molar-refractivity contribution in [3.8, 4) is 5.75 Å². The van der Waals surface area contributed by atoms with Crippen molar-refractivity contribution in [2.45, 2.75) is 25.7 Å². The summed E-state index contributed by atoms with van der Waals surface area (Å²) in [6.07, 6.45) is 2.63. The average molecular weight is 325 g/mol. The summed E-state index contributed by atoms with van der Waals surface area (Å²) in [5, 5.41) is 1.41. The van der Waals surface area contributed by atoms with Crippen molar-refractivity contribution in [2.24, 2.45) is 5.92 Å². The van der Waals surface area contributed by atoms with E-state index in [1.165, 1.54) is 25.3 Å². The number of amides is 1. The molecular formula is C17H24FNO4. The molecule has 5 nitrogen and oxygen atoms in total. The second kappa shape index (κ2) is 8.84. The highest BCUT2D eigenvalue weighted by Crippen LogP contribution is 2.20. The molecule has 23 heavy (non-hydrogen) atoms. The zero-order valence-electron chi connectivity index (χ0n) is 13.7. The Kier molecular flexibility index (Phi) is 6.80. The lowest BCUT2D eigenvalue weighted by molar-refractivity contribution is -0.180. The van der Waals surface area contributed by atoms with Gasteiger partial charge in [-0.05, 0) is 42.9 Å². The van der Waals surface area contributed by atoms with Crippen molar-refractivity contribution in [3.05, 3.63) is 29.6 Å². The van der Waals surface area contributed by atoms with Gasteiger partial charge >= 0.3 is 0 Å². The Balaban J connectivity index is 1.85. The Morgan fingerprint density at radius 3 is 2.70 bits per heavy atom. The van der Waals surface area contributed by atoms with Crippen molar-refractivity contribution < 1.29 is 23.5 Å². The third kappa shape index (κ3) is 5.18. The van der Waals surface area contributed by atoms with Crippen LogP contribution in [0.1, 0.15) is 24.8 Å². The highest BCUT2D eigenvalue weighted by molar-refractivity contribution is 5.75. The molecule has 0 aliphatic carbocycles. The molecule has 0 radical (unpaired) electrons. The number of halogens is 1. The molecule has 0 saturated carbocycles. The number of benzene rings is 1. The Labute approximate surface area is 136 Å². The third-order valence-electron chi connectivity index (χ3n) is 4.11. The molecule has 2 rings (SSSR count). The van der Waals surface area contributed by atoms with Crippen LogP contribution in [0.25, 0.3) is 0 Å². The molecule has 1 aromatic rings. The molecule has 1 aromatic carbocycles. The van der Waals surface area contributed by atoms with Crippen LogP contribution in [0.5, 0.6) is 5.75 Å². The van der Waals surface area contributed by atoms with Gasteiger partial charge in [0.2, 0.25) is 5.91 Å². The highest BCUT2D eigenvalue weighted by atomic mass is 19.1. The van der Waals surface area contributed by atoms with Gasteiger partial charge in [0.25, 0.3) is 0 Å². The standard InChI is InChI=1S/C17H24FNO4/c1-21-16-5-3-13(11-15(16)18)4-6-17(20)19(22-2)12-14-7-9-23-10-8-14/h3,5,11,14H,4,6-10,12H2,1-2H3. The van der Waals surface area contributed by atoms with Gasteiger partial charge in [0.1, 0.15) is 0 Å². The summed E-state index contributed by atoms with van der Waals surface area (Å²) >= 11 is 0. The molecule has 6 heteroatoms. The maximum atomic E-state index is 13.7. The monoisotopic (exact) mass is 325 g/mol. The van der Waals surface area contributed by atoms with E-state index < -0.39 is 5.82 Å². The molecule has 1 amide bonds. The van der Waals surface area contributed by atoms with Gasteiger partial charge in [-0.2, -0.15) is 0 Å². The van der Waals surface area contributed by atoms with Crippen LogP contribution in [0.2, 0.25) is 0 Å². The third-order valence-corrected chi connectivity index (χ3v) is 4.11. The fraction of sp³-hybridized carbons (Fsp3) is 0.588. The number of carbonyl (C=O) groups is 1. The Morgan fingerprint density at radius 2 is 2.09 bits per heavy atom. The number of aryl methyl sites for hydroxylation is 1. The Morgan fingerprint density at radius 1 is 1.35 bits per heavy atom. The number of nitrogens with zero attached hydrogens (tertiary/aromatic N) is 1. The van der Waals surface area contributed by atoms with Gasteiger partial charge in [-0.1, -0.05) is 6.07 Å². The molecule has 1 saturated heterocycles. The van der Waals surface area contributed by atoms with Crippen molar-refractivity contribution >= 4 is 5.91 Å². The van der Waals surface area contributed by atoms with E-state index in [0.717, 1.165) is 31.6 Å². The van der Waals surface area contributed by atoms with Gasteiger partial charge in [-0.15, -0.1) is 0 Å². The Hall–Kier alpha value is -1.66. The summed E-state index contributed by atoms with van der Waals surface area (Å²) in [4.78, 5) is 17.5. The molecule has 0 spiro atoms. The predicted molar refractivity (Wildman–Crippen MR) is 83.5 cm³/mol. The molecule has 1 aliphatic rings. The number of methoxy groups -OCH3 is 1. The van der Waals surface area contributed by atoms with Crippen LogP contribution >= 0.6 is 0 Å². The number of rotatable bonds is 7. The largest absolute Gasteiger partial charge is 0.494 e. The number of hydroxylamine groups is 2. The molecule has 0 aromatic heterocycles. The lowest BCUT2D eigenvalue weighted by Crippen LogP contribution is -2.36. The van der Waals surface area contributed by atoms with Crippen LogP contribution in [0, 0.1) is 11.7 Å². The van der Waals surface area contributed by atoms with Crippen molar-refractivity contribution in [1.82, 2.24) is 5.06 Å². The molecule has 1 heterocycles. The first kappa shape index (κ1) is 17.7. The zero-order valence-corrected chi connectivity index (χ0v) is 13.7. The lowest BCUT2D eigenvalue weighted by Gasteiger charge is -2.28. The van der Waals surface area contributed by atoms with Crippen molar-refractivity contribution in [3.63, 3.8) is 0 Å². The van der Waals surface area contributed by atoms with E-state index in [9.17, 15) is 9.18 Å². The topological polar surface area (TPSA) is 48.0 Å². The molecule has 0 N–H and O–H groups in total. The smallest absolute Gasteiger partial charge is 0.246 e. The summed E-state index contributed by atoms with van der Waals surface area (Å²) in [5.74, 6) is 0.114. The molecular weight excluding hydrogens is 301 g/mol. The number of hydrogen-bond acceptors (Lipinski definition) is 4. The molecule has 0 unspecified atom stereocenters. The van der Waals surface area contributed by atoms with Gasteiger partial charge in [-0.25, -0.2) is 9.45 Å². The van der Waals surface area contributed by atoms with E-state index in [1.54, 1.807) is 12.1 Å². The van der Waals surface area contributed by atoms with E-state index in [1.807, 2.05) is 0 Å². The summed E-state index contributed by atoms with van der Waals surface area (Å²) in [6, 6.07) is 4.75. The summed E-state index contributed by atoms with van der Waals surface area (Å²) in [5.41, 5.74) is 0.763. The molecule has 128 valence electrons. The molecule has 0 bridgehead atoms. The molecule has 1 fully saturated rings. The van der Waals surface area contributed by atoms with Crippen LogP contribution in [0.15, 0.2) is 18.2 Å². The van der Waals surface area contributed by atoms with Crippen LogP contribution < -0.4 is 4.74 Å². The normalized spacial score (nSPS) is 15.4. The van der Waals surface area contributed by atoms with E-state index in [-0.39, 0.29) is 18.1 Å². The maximum absolute atomic E-state index is 13.7. The SMILES string of the molecule is COc1ccc(CCC(=O)N(CC2CCOCC2)OC)cc1F. The summed E-state index contributed by atoms with van der Waals surface area (Å²) < 4.78 is 23.9.